The molecule has 0 bridgehead atoms. The second-order valence-corrected chi connectivity index (χ2v) is 14.1. The number of sulfone groups is 1. The molecule has 8 nitrogen and oxygen atoms in total. The first-order chi connectivity index (χ1) is 20.4. The lowest BCUT2D eigenvalue weighted by molar-refractivity contribution is -0.200. The van der Waals surface area contributed by atoms with Crippen molar-refractivity contribution >= 4 is 32.1 Å². The van der Waals surface area contributed by atoms with Crippen molar-refractivity contribution in [2.24, 2.45) is 5.41 Å². The van der Waals surface area contributed by atoms with E-state index in [2.05, 4.69) is 22.1 Å². The first kappa shape index (κ1) is 29.7. The number of ether oxygens (including phenoxy) is 2. The molecule has 3 fully saturated rings. The molecule has 3 N–H and O–H groups in total. The van der Waals surface area contributed by atoms with E-state index in [-0.39, 0.29) is 34.7 Å². The van der Waals surface area contributed by atoms with E-state index in [1.807, 2.05) is 6.07 Å². The van der Waals surface area contributed by atoms with Crippen LogP contribution in [0.15, 0.2) is 47.4 Å². The van der Waals surface area contributed by atoms with Gasteiger partial charge in [0.15, 0.2) is 9.84 Å². The van der Waals surface area contributed by atoms with Crippen LogP contribution in [0.5, 0.6) is 5.75 Å². The van der Waals surface area contributed by atoms with Crippen LogP contribution in [0.1, 0.15) is 31.4 Å². The van der Waals surface area contributed by atoms with Crippen molar-refractivity contribution in [3.63, 3.8) is 0 Å². The van der Waals surface area contributed by atoms with Crippen molar-refractivity contribution in [1.82, 2.24) is 9.47 Å². The SMILES string of the molecule is CS(=O)(=O)c1ccc(OCC#Cc2cc3c(N[C@H]4CC[C@H](N5CC6(COC6)C5)CC4)cccc3n2CC(F)(F)F)c(N)c1. The molecule has 230 valence electrons. The number of alkyl halides is 3. The van der Waals surface area contributed by atoms with Crippen molar-refractivity contribution in [2.75, 3.05) is 50.2 Å². The number of nitrogens with zero attached hydrogens (tertiary/aromatic N) is 2. The Hall–Kier alpha value is -3.40. The van der Waals surface area contributed by atoms with Crippen LogP contribution < -0.4 is 15.8 Å². The summed E-state index contributed by atoms with van der Waals surface area (Å²) in [5, 5.41) is 4.30. The number of likely N-dealkylation sites (tertiary alicyclic amines) is 1. The number of halogens is 3. The zero-order valence-electron chi connectivity index (χ0n) is 23.9. The Morgan fingerprint density at radius 3 is 2.49 bits per heavy atom. The topological polar surface area (TPSA) is 98.8 Å². The quantitative estimate of drug-likeness (QED) is 0.294. The largest absolute Gasteiger partial charge is 0.479 e. The third-order valence-corrected chi connectivity index (χ3v) is 9.79. The molecule has 3 heterocycles. The van der Waals surface area contributed by atoms with E-state index in [1.54, 1.807) is 18.2 Å². The average Bonchev–Trinajstić information content (AvgIpc) is 3.23. The van der Waals surface area contributed by atoms with Gasteiger partial charge in [-0.05, 0) is 68.0 Å². The highest BCUT2D eigenvalue weighted by molar-refractivity contribution is 7.90. The van der Waals surface area contributed by atoms with Crippen molar-refractivity contribution in [1.29, 1.82) is 0 Å². The van der Waals surface area contributed by atoms with Gasteiger partial charge in [-0.2, -0.15) is 13.2 Å². The lowest BCUT2D eigenvalue weighted by atomic mass is 9.75. The molecule has 12 heteroatoms. The summed E-state index contributed by atoms with van der Waals surface area (Å²) in [7, 11) is -3.43. The van der Waals surface area contributed by atoms with Gasteiger partial charge in [0, 0.05) is 47.9 Å². The van der Waals surface area contributed by atoms with Crippen LogP contribution in [0, 0.1) is 17.3 Å². The number of nitrogens with one attached hydrogen (secondary N) is 1. The van der Waals surface area contributed by atoms with Crippen LogP contribution in [-0.2, 0) is 21.1 Å². The maximum Gasteiger partial charge on any atom is 0.406 e. The van der Waals surface area contributed by atoms with Gasteiger partial charge in [0.2, 0.25) is 0 Å². The molecular formula is C31H35F3N4O4S. The standard InChI is InChI=1S/C31H35F3N4O4S/c1-43(39,40)24-11-12-29(26(35)15-24)42-13-3-4-23-14-25-27(5-2-6-28(25)38(23)18-31(32,33)34)36-21-7-9-22(10-8-21)37-16-30(17-37)19-41-20-30/h2,5-6,11-12,14-15,21-22,36H,7-10,13,16-20,35H2,1H3/t21-,22-. The highest BCUT2D eigenvalue weighted by Gasteiger charge is 2.50. The predicted molar refractivity (Wildman–Crippen MR) is 159 cm³/mol. The molecule has 2 saturated heterocycles. The summed E-state index contributed by atoms with van der Waals surface area (Å²) in [6.45, 7) is 2.70. The number of anilines is 2. The van der Waals surface area contributed by atoms with Crippen LogP contribution >= 0.6 is 0 Å². The molecule has 0 amide bonds. The second kappa shape index (κ2) is 11.3. The molecule has 2 aliphatic heterocycles. The lowest BCUT2D eigenvalue weighted by Gasteiger charge is -2.58. The van der Waals surface area contributed by atoms with E-state index in [0.29, 0.717) is 22.4 Å². The zero-order valence-corrected chi connectivity index (χ0v) is 24.7. The molecular weight excluding hydrogens is 581 g/mol. The third kappa shape index (κ3) is 6.44. The molecule has 6 rings (SSSR count). The van der Waals surface area contributed by atoms with E-state index >= 15 is 0 Å². The van der Waals surface area contributed by atoms with Gasteiger partial charge in [-0.3, -0.25) is 4.90 Å². The summed E-state index contributed by atoms with van der Waals surface area (Å²) in [6.07, 6.45) is 0.839. The number of benzene rings is 2. The molecule has 1 saturated carbocycles. The number of hydrogen-bond donors (Lipinski definition) is 2. The first-order valence-electron chi connectivity index (χ1n) is 14.4. The Balaban J connectivity index is 1.15. The van der Waals surface area contributed by atoms with Gasteiger partial charge in [0.1, 0.15) is 18.9 Å². The summed E-state index contributed by atoms with van der Waals surface area (Å²) in [5.74, 6) is 5.86. The van der Waals surface area contributed by atoms with E-state index < -0.39 is 22.6 Å². The smallest absolute Gasteiger partial charge is 0.406 e. The molecule has 3 aliphatic rings. The number of hydrogen-bond acceptors (Lipinski definition) is 7. The van der Waals surface area contributed by atoms with Crippen molar-refractivity contribution in [3.05, 3.63) is 48.2 Å². The van der Waals surface area contributed by atoms with Gasteiger partial charge in [0.25, 0.3) is 0 Å². The van der Waals surface area contributed by atoms with Gasteiger partial charge in [-0.25, -0.2) is 8.42 Å². The van der Waals surface area contributed by atoms with Gasteiger partial charge in [-0.1, -0.05) is 12.0 Å². The van der Waals surface area contributed by atoms with Crippen LogP contribution in [0.2, 0.25) is 0 Å². The minimum Gasteiger partial charge on any atom is -0.479 e. The van der Waals surface area contributed by atoms with E-state index in [9.17, 15) is 21.6 Å². The van der Waals surface area contributed by atoms with Crippen LogP contribution in [0.25, 0.3) is 10.9 Å². The predicted octanol–water partition coefficient (Wildman–Crippen LogP) is 4.68. The molecule has 1 aromatic heterocycles. The summed E-state index contributed by atoms with van der Waals surface area (Å²) < 4.78 is 76.4. The number of nitrogen functional groups attached to an aromatic ring is 1. The Morgan fingerprint density at radius 2 is 1.86 bits per heavy atom. The van der Waals surface area contributed by atoms with Crippen molar-refractivity contribution in [2.45, 2.75) is 55.4 Å². The molecule has 0 radical (unpaired) electrons. The Kier molecular flexibility index (Phi) is 7.77. The van der Waals surface area contributed by atoms with Gasteiger partial charge in [0.05, 0.1) is 35.0 Å². The minimum atomic E-state index is -4.43. The molecule has 3 aromatic rings. The Morgan fingerprint density at radius 1 is 1.12 bits per heavy atom. The monoisotopic (exact) mass is 616 g/mol. The lowest BCUT2D eigenvalue weighted by Crippen LogP contribution is -2.68. The maximum atomic E-state index is 13.6. The fraction of sp³-hybridized carbons (Fsp3) is 0.484. The summed E-state index contributed by atoms with van der Waals surface area (Å²) in [4.78, 5) is 2.63. The minimum absolute atomic E-state index is 0.0612. The number of fused-ring (bicyclic) bond motifs is 1. The van der Waals surface area contributed by atoms with Crippen molar-refractivity contribution < 1.29 is 31.1 Å². The normalized spacial score (nSPS) is 22.0. The van der Waals surface area contributed by atoms with E-state index in [1.165, 1.54) is 22.8 Å². The summed E-state index contributed by atoms with van der Waals surface area (Å²) in [5.41, 5.74) is 7.93. The maximum absolute atomic E-state index is 13.6. The number of nitrogens with two attached hydrogens (primary N) is 1. The van der Waals surface area contributed by atoms with Crippen LogP contribution in [0.3, 0.4) is 0 Å². The highest BCUT2D eigenvalue weighted by atomic mass is 32.2. The van der Waals surface area contributed by atoms with E-state index in [4.69, 9.17) is 15.2 Å². The van der Waals surface area contributed by atoms with Gasteiger partial charge >= 0.3 is 6.18 Å². The molecule has 43 heavy (non-hydrogen) atoms. The zero-order chi connectivity index (χ0) is 30.4. The molecule has 1 aliphatic carbocycles. The third-order valence-electron chi connectivity index (χ3n) is 8.68. The number of aromatic nitrogens is 1. The fourth-order valence-corrected chi connectivity index (χ4v) is 7.10. The second-order valence-electron chi connectivity index (χ2n) is 12.1. The highest BCUT2D eigenvalue weighted by Crippen LogP contribution is 2.41. The molecule has 0 unspecified atom stereocenters. The van der Waals surface area contributed by atoms with Gasteiger partial charge in [-0.15, -0.1) is 0 Å². The molecule has 0 atom stereocenters. The summed E-state index contributed by atoms with van der Waals surface area (Å²) in [6, 6.07) is 12.0. The Labute approximate surface area is 249 Å². The fourth-order valence-electron chi connectivity index (χ4n) is 6.44. The van der Waals surface area contributed by atoms with E-state index in [0.717, 1.165) is 63.9 Å². The Bertz CT molecular complexity index is 1670. The van der Waals surface area contributed by atoms with Crippen LogP contribution in [0.4, 0.5) is 24.5 Å². The molecule has 2 aromatic carbocycles. The van der Waals surface area contributed by atoms with Crippen LogP contribution in [-0.4, -0.2) is 75.3 Å². The van der Waals surface area contributed by atoms with Gasteiger partial charge < -0.3 is 25.1 Å². The molecule has 1 spiro atoms. The van der Waals surface area contributed by atoms with Crippen molar-refractivity contribution in [3.8, 4) is 17.6 Å². The average molecular weight is 617 g/mol. The summed E-state index contributed by atoms with van der Waals surface area (Å²) >= 11 is 0. The number of rotatable bonds is 7. The first-order valence-corrected chi connectivity index (χ1v) is 16.3.